The number of carbonyl (C=O) groups excluding carboxylic acids is 1. The van der Waals surface area contributed by atoms with Gasteiger partial charge in [0.2, 0.25) is 5.91 Å². The second-order valence-corrected chi connectivity index (χ2v) is 9.23. The van der Waals surface area contributed by atoms with E-state index in [1.165, 1.54) is 17.0 Å². The summed E-state index contributed by atoms with van der Waals surface area (Å²) in [6.07, 6.45) is -4.41. The van der Waals surface area contributed by atoms with Gasteiger partial charge in [-0.1, -0.05) is 18.2 Å². The summed E-state index contributed by atoms with van der Waals surface area (Å²) in [5.74, 6) is 0.0113. The molecule has 32 heavy (non-hydrogen) atoms. The number of likely N-dealkylation sites (N-methyl/N-ethyl adjacent to an activating group) is 1. The summed E-state index contributed by atoms with van der Waals surface area (Å²) in [5.41, 5.74) is 0.214. The number of anilines is 1. The molecule has 0 bridgehead atoms. The van der Waals surface area contributed by atoms with Crippen molar-refractivity contribution in [1.29, 1.82) is 0 Å². The standard InChI is InChI=1S/C21H21F3N4O3S/c1-26(20-17-7-2-3-8-18(17)32(30,31)25-20)14-19(29)28-11-9-27(10-12-28)16-6-4-5-15(13-16)21(22,23)24/h2-8,13H,9-12,14H2,1H3. The fraction of sp³-hybridized carbons (Fsp3) is 0.333. The lowest BCUT2D eigenvalue weighted by Gasteiger charge is -2.37. The van der Waals surface area contributed by atoms with Crippen molar-refractivity contribution in [3.8, 4) is 0 Å². The first kappa shape index (κ1) is 22.1. The van der Waals surface area contributed by atoms with E-state index >= 15 is 0 Å². The molecule has 170 valence electrons. The van der Waals surface area contributed by atoms with E-state index in [9.17, 15) is 26.4 Å². The molecule has 0 aromatic heterocycles. The maximum absolute atomic E-state index is 13.0. The minimum absolute atomic E-state index is 0.0632. The van der Waals surface area contributed by atoms with E-state index in [-0.39, 0.29) is 23.2 Å². The molecule has 7 nitrogen and oxygen atoms in total. The Morgan fingerprint density at radius 2 is 1.75 bits per heavy atom. The highest BCUT2D eigenvalue weighted by atomic mass is 32.2. The SMILES string of the molecule is CN(CC(=O)N1CCN(c2cccc(C(F)(F)F)c2)CC1)C1=NS(=O)(=O)c2ccccc21. The van der Waals surface area contributed by atoms with Gasteiger partial charge in [-0.3, -0.25) is 4.79 Å². The van der Waals surface area contributed by atoms with Crippen molar-refractivity contribution in [1.82, 2.24) is 9.80 Å². The third-order valence-corrected chi connectivity index (χ3v) is 6.84. The highest BCUT2D eigenvalue weighted by molar-refractivity contribution is 7.90. The summed E-state index contributed by atoms with van der Waals surface area (Å²) >= 11 is 0. The van der Waals surface area contributed by atoms with Crippen molar-refractivity contribution >= 4 is 27.5 Å². The molecule has 0 saturated carbocycles. The van der Waals surface area contributed by atoms with E-state index in [1.54, 1.807) is 36.2 Å². The molecule has 2 aliphatic rings. The Labute approximate surface area is 183 Å². The molecule has 1 fully saturated rings. The first-order chi connectivity index (χ1) is 15.1. The molecular formula is C21H21F3N4O3S. The van der Waals surface area contributed by atoms with Crippen LogP contribution in [0.15, 0.2) is 57.8 Å². The van der Waals surface area contributed by atoms with Gasteiger partial charge in [0.25, 0.3) is 10.0 Å². The van der Waals surface area contributed by atoms with Crippen LogP contribution in [0.4, 0.5) is 18.9 Å². The predicted octanol–water partition coefficient (Wildman–Crippen LogP) is 2.43. The van der Waals surface area contributed by atoms with E-state index in [1.807, 2.05) is 4.90 Å². The second-order valence-electron chi connectivity index (χ2n) is 7.66. The van der Waals surface area contributed by atoms with Crippen molar-refractivity contribution in [2.75, 3.05) is 44.7 Å². The average molecular weight is 466 g/mol. The minimum Gasteiger partial charge on any atom is -0.368 e. The molecule has 0 spiro atoms. The van der Waals surface area contributed by atoms with Gasteiger partial charge in [-0.05, 0) is 30.3 Å². The number of halogens is 3. The Hall–Kier alpha value is -3.08. The summed E-state index contributed by atoms with van der Waals surface area (Å²) in [4.78, 5) is 17.8. The van der Waals surface area contributed by atoms with Gasteiger partial charge in [-0.2, -0.15) is 21.6 Å². The van der Waals surface area contributed by atoms with Crippen LogP contribution in [0.1, 0.15) is 11.1 Å². The molecule has 2 aromatic carbocycles. The van der Waals surface area contributed by atoms with Gasteiger partial charge >= 0.3 is 6.18 Å². The number of fused-ring (bicyclic) bond motifs is 1. The maximum atomic E-state index is 13.0. The molecule has 2 aromatic rings. The monoisotopic (exact) mass is 466 g/mol. The predicted molar refractivity (Wildman–Crippen MR) is 113 cm³/mol. The molecule has 0 unspecified atom stereocenters. The summed E-state index contributed by atoms with van der Waals surface area (Å²) in [6.45, 7) is 1.44. The van der Waals surface area contributed by atoms with Crippen LogP contribution in [-0.2, 0) is 21.0 Å². The van der Waals surface area contributed by atoms with Gasteiger partial charge in [0.15, 0.2) is 5.84 Å². The molecule has 0 radical (unpaired) electrons. The molecule has 0 aliphatic carbocycles. The van der Waals surface area contributed by atoms with Crippen LogP contribution in [0, 0.1) is 0 Å². The molecule has 4 rings (SSSR count). The molecule has 1 amide bonds. The van der Waals surface area contributed by atoms with Crippen LogP contribution >= 0.6 is 0 Å². The average Bonchev–Trinajstić information content (AvgIpc) is 3.05. The lowest BCUT2D eigenvalue weighted by Crippen LogP contribution is -2.51. The Morgan fingerprint density at radius 3 is 2.44 bits per heavy atom. The highest BCUT2D eigenvalue weighted by Gasteiger charge is 2.33. The Kier molecular flexibility index (Phi) is 5.61. The summed E-state index contributed by atoms with van der Waals surface area (Å²) in [5, 5.41) is 0. The number of hydrogen-bond donors (Lipinski definition) is 0. The molecular weight excluding hydrogens is 445 g/mol. The van der Waals surface area contributed by atoms with Crippen LogP contribution in [0.2, 0.25) is 0 Å². The Bertz CT molecular complexity index is 1170. The van der Waals surface area contributed by atoms with Gasteiger partial charge in [0, 0.05) is 44.5 Å². The van der Waals surface area contributed by atoms with E-state index < -0.39 is 21.8 Å². The quantitative estimate of drug-likeness (QED) is 0.695. The van der Waals surface area contributed by atoms with Gasteiger partial charge in [-0.15, -0.1) is 4.40 Å². The number of benzene rings is 2. The van der Waals surface area contributed by atoms with Crippen LogP contribution in [0.5, 0.6) is 0 Å². The highest BCUT2D eigenvalue weighted by Crippen LogP contribution is 2.32. The van der Waals surface area contributed by atoms with Crippen LogP contribution in [0.3, 0.4) is 0 Å². The topological polar surface area (TPSA) is 73.3 Å². The second kappa shape index (κ2) is 8.12. The lowest BCUT2D eigenvalue weighted by atomic mass is 10.1. The molecule has 0 N–H and O–H groups in total. The number of piperazine rings is 1. The third-order valence-electron chi connectivity index (χ3n) is 5.52. The van der Waals surface area contributed by atoms with Gasteiger partial charge in [0.05, 0.1) is 12.1 Å². The van der Waals surface area contributed by atoms with E-state index in [0.29, 0.717) is 37.4 Å². The Morgan fingerprint density at radius 1 is 1.06 bits per heavy atom. The zero-order valence-corrected chi connectivity index (χ0v) is 18.0. The van der Waals surface area contributed by atoms with E-state index in [2.05, 4.69) is 4.40 Å². The summed E-state index contributed by atoms with van der Waals surface area (Å²) in [7, 11) is -2.17. The zero-order valence-electron chi connectivity index (χ0n) is 17.2. The van der Waals surface area contributed by atoms with Crippen LogP contribution < -0.4 is 4.90 Å². The third kappa shape index (κ3) is 4.29. The van der Waals surface area contributed by atoms with Crippen molar-refractivity contribution in [2.24, 2.45) is 4.40 Å². The van der Waals surface area contributed by atoms with Gasteiger partial charge < -0.3 is 14.7 Å². The molecule has 0 atom stereocenters. The lowest BCUT2D eigenvalue weighted by molar-refractivity contribution is -0.137. The number of rotatable bonds is 3. The first-order valence-corrected chi connectivity index (χ1v) is 11.4. The van der Waals surface area contributed by atoms with Crippen molar-refractivity contribution in [3.63, 3.8) is 0 Å². The first-order valence-electron chi connectivity index (χ1n) is 9.92. The van der Waals surface area contributed by atoms with E-state index in [4.69, 9.17) is 0 Å². The number of sulfonamides is 1. The minimum atomic E-state index is -4.41. The fourth-order valence-corrected chi connectivity index (χ4v) is 5.09. The molecule has 1 saturated heterocycles. The Balaban J connectivity index is 1.39. The van der Waals surface area contributed by atoms with Crippen molar-refractivity contribution in [3.05, 3.63) is 59.7 Å². The van der Waals surface area contributed by atoms with Gasteiger partial charge in [-0.25, -0.2) is 0 Å². The van der Waals surface area contributed by atoms with Crippen LogP contribution in [-0.4, -0.2) is 69.7 Å². The molecule has 2 heterocycles. The van der Waals surface area contributed by atoms with Crippen molar-refractivity contribution in [2.45, 2.75) is 11.1 Å². The molecule has 11 heteroatoms. The van der Waals surface area contributed by atoms with Crippen LogP contribution in [0.25, 0.3) is 0 Å². The summed E-state index contributed by atoms with van der Waals surface area (Å²) in [6, 6.07) is 11.6. The smallest absolute Gasteiger partial charge is 0.368 e. The number of carbonyl (C=O) groups is 1. The number of alkyl halides is 3. The summed E-state index contributed by atoms with van der Waals surface area (Å²) < 4.78 is 67.2. The number of nitrogens with zero attached hydrogens (tertiary/aromatic N) is 4. The molecule has 2 aliphatic heterocycles. The number of amidine groups is 1. The van der Waals surface area contributed by atoms with E-state index in [0.717, 1.165) is 12.1 Å². The fourth-order valence-electron chi connectivity index (χ4n) is 3.83. The number of amides is 1. The number of hydrogen-bond acceptors (Lipinski definition) is 5. The van der Waals surface area contributed by atoms with Crippen molar-refractivity contribution < 1.29 is 26.4 Å². The van der Waals surface area contributed by atoms with Gasteiger partial charge in [0.1, 0.15) is 4.90 Å². The largest absolute Gasteiger partial charge is 0.416 e. The normalized spacial score (nSPS) is 17.7. The maximum Gasteiger partial charge on any atom is 0.416 e. The zero-order chi connectivity index (χ0) is 23.1.